The highest BCUT2D eigenvalue weighted by Gasteiger charge is 2.59. The summed E-state index contributed by atoms with van der Waals surface area (Å²) < 4.78 is 5.11. The zero-order chi connectivity index (χ0) is 15.3. The van der Waals surface area contributed by atoms with E-state index < -0.39 is 0 Å². The first-order valence-corrected chi connectivity index (χ1v) is 7.60. The van der Waals surface area contributed by atoms with Crippen LogP contribution in [-0.4, -0.2) is 30.5 Å². The Morgan fingerprint density at radius 3 is 2.23 bits per heavy atom. The van der Waals surface area contributed by atoms with Crippen LogP contribution in [-0.2, 0) is 9.59 Å². The number of carbonyl (C=O) groups is 2. The van der Waals surface area contributed by atoms with Crippen molar-refractivity contribution >= 4 is 17.5 Å². The SMILES string of the molecule is COc1ccc(NCN2C(=O)[C@H]3[C@H](C2=O)[C@H]2C=C[C@H]3C2)cc1. The van der Waals surface area contributed by atoms with Crippen LogP contribution in [0, 0.1) is 23.7 Å². The first-order valence-electron chi connectivity index (χ1n) is 7.60. The van der Waals surface area contributed by atoms with Crippen molar-refractivity contribution in [1.82, 2.24) is 4.90 Å². The average Bonchev–Trinajstić information content (AvgIpc) is 3.21. The summed E-state index contributed by atoms with van der Waals surface area (Å²) in [6, 6.07) is 7.43. The third-order valence-electron chi connectivity index (χ3n) is 5.09. The van der Waals surface area contributed by atoms with Crippen LogP contribution < -0.4 is 10.1 Å². The fraction of sp³-hybridized carbons (Fsp3) is 0.412. The van der Waals surface area contributed by atoms with Crippen LogP contribution in [0.5, 0.6) is 5.75 Å². The van der Waals surface area contributed by atoms with E-state index in [1.54, 1.807) is 7.11 Å². The number of likely N-dealkylation sites (tertiary alicyclic amines) is 1. The van der Waals surface area contributed by atoms with Crippen LogP contribution in [0.2, 0.25) is 0 Å². The summed E-state index contributed by atoms with van der Waals surface area (Å²) >= 11 is 0. The van der Waals surface area contributed by atoms with Crippen molar-refractivity contribution in [2.24, 2.45) is 23.7 Å². The zero-order valence-corrected chi connectivity index (χ0v) is 12.4. The molecule has 0 spiro atoms. The van der Waals surface area contributed by atoms with Crippen molar-refractivity contribution in [2.75, 3.05) is 19.1 Å². The lowest BCUT2D eigenvalue weighted by Gasteiger charge is -2.18. The molecule has 4 rings (SSSR count). The predicted molar refractivity (Wildman–Crippen MR) is 81.1 cm³/mol. The quantitative estimate of drug-likeness (QED) is 0.681. The van der Waals surface area contributed by atoms with Crippen molar-refractivity contribution in [3.63, 3.8) is 0 Å². The normalized spacial score (nSPS) is 31.8. The number of ether oxygens (including phenoxy) is 1. The van der Waals surface area contributed by atoms with E-state index in [0.717, 1.165) is 17.9 Å². The summed E-state index contributed by atoms with van der Waals surface area (Å²) in [5.74, 6) is 1.01. The lowest BCUT2D eigenvalue weighted by molar-refractivity contribution is -0.140. The average molecular weight is 298 g/mol. The van der Waals surface area contributed by atoms with E-state index in [0.29, 0.717) is 0 Å². The number of anilines is 1. The Morgan fingerprint density at radius 2 is 1.68 bits per heavy atom. The monoisotopic (exact) mass is 298 g/mol. The number of rotatable bonds is 4. The third-order valence-corrected chi connectivity index (χ3v) is 5.09. The van der Waals surface area contributed by atoms with E-state index in [1.165, 1.54) is 4.90 Å². The van der Waals surface area contributed by atoms with Gasteiger partial charge in [0.05, 0.1) is 25.6 Å². The van der Waals surface area contributed by atoms with E-state index >= 15 is 0 Å². The molecule has 1 saturated heterocycles. The Hall–Kier alpha value is -2.30. The maximum absolute atomic E-state index is 12.5. The third kappa shape index (κ3) is 1.85. The van der Waals surface area contributed by atoms with E-state index in [9.17, 15) is 9.59 Å². The molecule has 1 saturated carbocycles. The molecule has 5 heteroatoms. The van der Waals surface area contributed by atoms with Crippen molar-refractivity contribution in [3.8, 4) is 5.75 Å². The van der Waals surface area contributed by atoms with Gasteiger partial charge in [0.15, 0.2) is 0 Å². The minimum atomic E-state index is -0.125. The largest absolute Gasteiger partial charge is 0.497 e. The highest BCUT2D eigenvalue weighted by atomic mass is 16.5. The minimum Gasteiger partial charge on any atom is -0.497 e. The Balaban J connectivity index is 1.45. The fourth-order valence-electron chi connectivity index (χ4n) is 4.00. The molecule has 0 unspecified atom stereocenters. The molecule has 2 aliphatic carbocycles. The lowest BCUT2D eigenvalue weighted by atomic mass is 9.85. The second-order valence-electron chi connectivity index (χ2n) is 6.17. The van der Waals surface area contributed by atoms with E-state index in [4.69, 9.17) is 4.74 Å². The first kappa shape index (κ1) is 13.4. The summed E-state index contributed by atoms with van der Waals surface area (Å²) in [6.07, 6.45) is 5.18. The maximum Gasteiger partial charge on any atom is 0.235 e. The molecule has 2 fully saturated rings. The Labute approximate surface area is 128 Å². The minimum absolute atomic E-state index is 0.0205. The molecule has 2 amide bonds. The summed E-state index contributed by atoms with van der Waals surface area (Å²) in [5.41, 5.74) is 0.861. The number of amides is 2. The molecule has 0 radical (unpaired) electrons. The zero-order valence-electron chi connectivity index (χ0n) is 12.4. The Bertz CT molecular complexity index is 622. The van der Waals surface area contributed by atoms with Gasteiger partial charge >= 0.3 is 0 Å². The number of allylic oxidation sites excluding steroid dienone is 2. The number of carbonyl (C=O) groups excluding carboxylic acids is 2. The summed E-state index contributed by atoms with van der Waals surface area (Å²) in [7, 11) is 1.62. The van der Waals surface area contributed by atoms with Crippen LogP contribution in [0.15, 0.2) is 36.4 Å². The van der Waals surface area contributed by atoms with Gasteiger partial charge in [0.1, 0.15) is 5.75 Å². The molecule has 22 heavy (non-hydrogen) atoms. The highest BCUT2D eigenvalue weighted by Crippen LogP contribution is 2.52. The van der Waals surface area contributed by atoms with Crippen LogP contribution in [0.4, 0.5) is 5.69 Å². The van der Waals surface area contributed by atoms with Gasteiger partial charge in [-0.2, -0.15) is 0 Å². The summed E-state index contributed by atoms with van der Waals surface area (Å²) in [4.78, 5) is 26.4. The molecule has 1 aromatic carbocycles. The van der Waals surface area contributed by atoms with E-state index in [1.807, 2.05) is 24.3 Å². The number of fused-ring (bicyclic) bond motifs is 5. The summed E-state index contributed by atoms with van der Waals surface area (Å²) in [5, 5.41) is 3.15. The molecule has 0 aromatic heterocycles. The molecular formula is C17H18N2O3. The number of hydrogen-bond acceptors (Lipinski definition) is 4. The standard InChI is InChI=1S/C17H18N2O3/c1-22-13-6-4-12(5-7-13)18-9-19-16(20)14-10-2-3-11(8-10)15(14)17(19)21/h2-7,10-11,14-15,18H,8-9H2,1H3/t10-,11-,14+,15+/m0/s1. The number of benzene rings is 1. The Kier molecular flexibility index (Phi) is 2.96. The molecule has 5 nitrogen and oxygen atoms in total. The van der Waals surface area contributed by atoms with Crippen molar-refractivity contribution in [1.29, 1.82) is 0 Å². The first-order chi connectivity index (χ1) is 10.7. The van der Waals surface area contributed by atoms with Gasteiger partial charge in [-0.05, 0) is 42.5 Å². The van der Waals surface area contributed by atoms with Gasteiger partial charge in [-0.3, -0.25) is 14.5 Å². The van der Waals surface area contributed by atoms with E-state index in [-0.39, 0.29) is 42.2 Å². The predicted octanol–water partition coefficient (Wildman–Crippen LogP) is 1.87. The molecule has 1 aliphatic heterocycles. The number of nitrogens with one attached hydrogen (secondary N) is 1. The van der Waals surface area contributed by atoms with Gasteiger partial charge in [0.2, 0.25) is 11.8 Å². The molecule has 3 aliphatic rings. The molecule has 1 aromatic rings. The number of nitrogens with zero attached hydrogens (tertiary/aromatic N) is 1. The molecule has 1 N–H and O–H groups in total. The van der Waals surface area contributed by atoms with E-state index in [2.05, 4.69) is 17.5 Å². The highest BCUT2D eigenvalue weighted by molar-refractivity contribution is 6.06. The molecule has 114 valence electrons. The van der Waals surface area contributed by atoms with Gasteiger partial charge in [0.25, 0.3) is 0 Å². The number of imide groups is 1. The summed E-state index contributed by atoms with van der Waals surface area (Å²) in [6.45, 7) is 0.233. The van der Waals surface area contributed by atoms with Crippen LogP contribution in [0.25, 0.3) is 0 Å². The van der Waals surface area contributed by atoms with Crippen LogP contribution in [0.3, 0.4) is 0 Å². The number of methoxy groups -OCH3 is 1. The second-order valence-corrected chi connectivity index (χ2v) is 6.17. The van der Waals surface area contributed by atoms with Crippen molar-refractivity contribution < 1.29 is 14.3 Å². The molecule has 4 atom stereocenters. The van der Waals surface area contributed by atoms with Crippen molar-refractivity contribution in [3.05, 3.63) is 36.4 Å². The molecular weight excluding hydrogens is 280 g/mol. The lowest BCUT2D eigenvalue weighted by Crippen LogP contribution is -2.37. The topological polar surface area (TPSA) is 58.6 Å². The molecule has 1 heterocycles. The van der Waals surface area contributed by atoms with Crippen LogP contribution >= 0.6 is 0 Å². The smallest absolute Gasteiger partial charge is 0.235 e. The molecule has 2 bridgehead atoms. The van der Waals surface area contributed by atoms with Gasteiger partial charge in [-0.1, -0.05) is 12.2 Å². The van der Waals surface area contributed by atoms with Gasteiger partial charge in [-0.25, -0.2) is 0 Å². The number of hydrogen-bond donors (Lipinski definition) is 1. The maximum atomic E-state index is 12.5. The van der Waals surface area contributed by atoms with Gasteiger partial charge in [0, 0.05) is 5.69 Å². The van der Waals surface area contributed by atoms with Crippen LogP contribution in [0.1, 0.15) is 6.42 Å². The second kappa shape index (κ2) is 4.87. The Morgan fingerprint density at radius 1 is 1.09 bits per heavy atom. The van der Waals surface area contributed by atoms with Gasteiger partial charge < -0.3 is 10.1 Å². The van der Waals surface area contributed by atoms with Gasteiger partial charge in [-0.15, -0.1) is 0 Å². The fourth-order valence-corrected chi connectivity index (χ4v) is 4.00. The van der Waals surface area contributed by atoms with Crippen molar-refractivity contribution in [2.45, 2.75) is 6.42 Å².